The van der Waals surface area contributed by atoms with Crippen LogP contribution in [0.1, 0.15) is 19.3 Å². The van der Waals surface area contributed by atoms with E-state index in [-0.39, 0.29) is 11.5 Å². The van der Waals surface area contributed by atoms with Crippen molar-refractivity contribution in [2.24, 2.45) is 5.92 Å². The molecule has 3 fully saturated rings. The van der Waals surface area contributed by atoms with Crippen LogP contribution in [-0.4, -0.2) is 62.5 Å². The van der Waals surface area contributed by atoms with Crippen LogP contribution in [0, 0.1) is 5.92 Å². The number of hydrogen-bond donors (Lipinski definition) is 3. The molecule has 128 valence electrons. The molecule has 3 aliphatic heterocycles. The van der Waals surface area contributed by atoms with Gasteiger partial charge in [0.15, 0.2) is 23.2 Å². The molecule has 2 bridgehead atoms. The van der Waals surface area contributed by atoms with Crippen LogP contribution in [0.4, 0.5) is 0 Å². The number of aliphatic hydroxyl groups is 2. The molecule has 3 N–H and O–H groups in total. The van der Waals surface area contributed by atoms with E-state index in [1.54, 1.807) is 4.90 Å². The van der Waals surface area contributed by atoms with Crippen LogP contribution in [-0.2, 0) is 14.4 Å². The van der Waals surface area contributed by atoms with Gasteiger partial charge in [-0.1, -0.05) is 6.08 Å². The molecule has 3 heterocycles. The number of carboxylic acids is 1. The summed E-state index contributed by atoms with van der Waals surface area (Å²) in [6.45, 7) is 1.18. The lowest BCUT2D eigenvalue weighted by Crippen LogP contribution is -2.66. The third-order valence-electron chi connectivity index (χ3n) is 5.10. The number of nitrogens with zero attached hydrogens (tertiary/aromatic N) is 1. The third-order valence-corrected chi connectivity index (χ3v) is 5.10. The van der Waals surface area contributed by atoms with Crippen LogP contribution in [0.15, 0.2) is 35.6 Å². The Labute approximate surface area is 138 Å². The lowest BCUT2D eigenvalue weighted by atomic mass is 9.72. The molecular formula is C17H19NO6. The molecule has 0 aromatic rings. The molecule has 7 nitrogen and oxygen atoms in total. The Morgan fingerprint density at radius 3 is 2.42 bits per heavy atom. The number of rotatable bonds is 4. The Morgan fingerprint density at radius 1 is 1.25 bits per heavy atom. The zero-order chi connectivity index (χ0) is 17.5. The summed E-state index contributed by atoms with van der Waals surface area (Å²) in [5, 5.41) is 28.5. The minimum absolute atomic E-state index is 0.234. The number of fused-ring (bicyclic) bond motifs is 3. The summed E-state index contributed by atoms with van der Waals surface area (Å²) in [5.41, 5.74) is -1.30. The second-order valence-corrected chi connectivity index (χ2v) is 6.52. The molecule has 0 spiro atoms. The van der Waals surface area contributed by atoms with Gasteiger partial charge in [-0.3, -0.25) is 14.5 Å². The third kappa shape index (κ3) is 2.59. The molecule has 4 rings (SSSR count). The van der Waals surface area contributed by atoms with E-state index >= 15 is 0 Å². The van der Waals surface area contributed by atoms with E-state index in [0.717, 1.165) is 25.0 Å². The van der Waals surface area contributed by atoms with Crippen molar-refractivity contribution in [3.8, 4) is 0 Å². The molecule has 0 aromatic carbocycles. The van der Waals surface area contributed by atoms with Crippen LogP contribution < -0.4 is 0 Å². The maximum atomic E-state index is 12.7. The Hall–Kier alpha value is -2.25. The van der Waals surface area contributed by atoms with Crippen molar-refractivity contribution in [2.45, 2.75) is 30.9 Å². The van der Waals surface area contributed by atoms with Gasteiger partial charge in [0.25, 0.3) is 0 Å². The molecule has 7 heteroatoms. The summed E-state index contributed by atoms with van der Waals surface area (Å²) in [4.78, 5) is 37.7. The van der Waals surface area contributed by atoms with Gasteiger partial charge < -0.3 is 15.3 Å². The molecule has 0 saturated carbocycles. The van der Waals surface area contributed by atoms with E-state index in [1.807, 2.05) is 0 Å². The fourth-order valence-electron chi connectivity index (χ4n) is 3.74. The minimum atomic E-state index is -1.58. The molecular weight excluding hydrogens is 314 g/mol. The number of carboxylic acid groups (broad SMARTS) is 1. The summed E-state index contributed by atoms with van der Waals surface area (Å²) in [7, 11) is 0. The number of carbonyl (C=O) groups is 3. The van der Waals surface area contributed by atoms with E-state index < -0.39 is 34.9 Å². The first kappa shape index (κ1) is 16.6. The first-order valence-corrected chi connectivity index (χ1v) is 7.89. The fourth-order valence-corrected chi connectivity index (χ4v) is 3.74. The van der Waals surface area contributed by atoms with Crippen molar-refractivity contribution < 1.29 is 29.7 Å². The van der Waals surface area contributed by atoms with Crippen molar-refractivity contribution in [3.05, 3.63) is 35.6 Å². The van der Waals surface area contributed by atoms with Crippen LogP contribution in [0.25, 0.3) is 0 Å². The summed E-state index contributed by atoms with van der Waals surface area (Å²) >= 11 is 0. The summed E-state index contributed by atoms with van der Waals surface area (Å²) in [6.07, 6.45) is 5.25. The number of piperidine rings is 3. The standard InChI is InChI=1S/C17H19NO6/c19-12-7-11(8-13(20)15(12)22)1-2-14(21)17(16(23)24)9-10-3-5-18(17)6-4-10/h1-2,7-8,10,15,19,22H,3-6,9H2,(H,23,24)/b2-1+. The molecule has 3 saturated heterocycles. The molecule has 0 radical (unpaired) electrons. The lowest BCUT2D eigenvalue weighted by Gasteiger charge is -2.50. The predicted molar refractivity (Wildman–Crippen MR) is 83.2 cm³/mol. The quantitative estimate of drug-likeness (QED) is 0.502. The van der Waals surface area contributed by atoms with Gasteiger partial charge in [0, 0.05) is 0 Å². The second kappa shape index (κ2) is 5.99. The zero-order valence-electron chi connectivity index (χ0n) is 13.0. The minimum Gasteiger partial charge on any atom is -0.509 e. The van der Waals surface area contributed by atoms with Crippen LogP contribution in [0.2, 0.25) is 0 Å². The number of ketones is 2. The smallest absolute Gasteiger partial charge is 0.332 e. The van der Waals surface area contributed by atoms with E-state index in [0.29, 0.717) is 19.5 Å². The molecule has 2 atom stereocenters. The van der Waals surface area contributed by atoms with E-state index in [4.69, 9.17) is 0 Å². The maximum Gasteiger partial charge on any atom is 0.332 e. The fraction of sp³-hybridized carbons (Fsp3) is 0.471. The first-order valence-electron chi connectivity index (χ1n) is 7.89. The van der Waals surface area contributed by atoms with Gasteiger partial charge in [0.1, 0.15) is 5.76 Å². The van der Waals surface area contributed by atoms with Gasteiger partial charge in [-0.2, -0.15) is 0 Å². The van der Waals surface area contributed by atoms with Crippen LogP contribution in [0.5, 0.6) is 0 Å². The van der Waals surface area contributed by atoms with Crippen LogP contribution >= 0.6 is 0 Å². The van der Waals surface area contributed by atoms with Crippen molar-refractivity contribution in [1.82, 2.24) is 4.90 Å². The molecule has 0 amide bonds. The van der Waals surface area contributed by atoms with E-state index in [1.165, 1.54) is 12.2 Å². The topological polar surface area (TPSA) is 115 Å². The molecule has 4 aliphatic rings. The zero-order valence-corrected chi connectivity index (χ0v) is 13.0. The van der Waals surface area contributed by atoms with Gasteiger partial charge >= 0.3 is 5.97 Å². The Balaban J connectivity index is 1.84. The Bertz CT molecular complexity index is 683. The number of aliphatic hydroxyl groups excluding tert-OH is 2. The highest BCUT2D eigenvalue weighted by Gasteiger charge is 2.55. The Kier molecular flexibility index (Phi) is 4.15. The summed E-state index contributed by atoms with van der Waals surface area (Å²) in [5.74, 6) is -2.63. The Morgan fingerprint density at radius 2 is 1.92 bits per heavy atom. The van der Waals surface area contributed by atoms with Gasteiger partial charge in [-0.25, -0.2) is 4.79 Å². The number of allylic oxidation sites excluding steroid dienone is 3. The normalized spacial score (nSPS) is 35.7. The van der Waals surface area contributed by atoms with Gasteiger partial charge in [0.2, 0.25) is 0 Å². The molecule has 1 aliphatic carbocycles. The summed E-state index contributed by atoms with van der Waals surface area (Å²) < 4.78 is 0. The van der Waals surface area contributed by atoms with Crippen molar-refractivity contribution >= 4 is 17.5 Å². The van der Waals surface area contributed by atoms with Gasteiger partial charge in [-0.05, 0) is 62.1 Å². The van der Waals surface area contributed by atoms with Gasteiger partial charge in [0.05, 0.1) is 0 Å². The SMILES string of the molecule is O=C1C=C(/C=C/C(=O)C2(C(=O)O)CC3CCN2CC3)C=C(O)C1O. The first-order chi connectivity index (χ1) is 11.3. The van der Waals surface area contributed by atoms with Gasteiger partial charge in [-0.15, -0.1) is 0 Å². The van der Waals surface area contributed by atoms with Crippen molar-refractivity contribution in [3.63, 3.8) is 0 Å². The molecule has 0 aromatic heterocycles. The van der Waals surface area contributed by atoms with E-state index in [9.17, 15) is 29.7 Å². The summed E-state index contributed by atoms with van der Waals surface area (Å²) in [6, 6.07) is 0. The average molecular weight is 333 g/mol. The number of aliphatic carboxylic acids is 1. The van der Waals surface area contributed by atoms with E-state index in [2.05, 4.69) is 0 Å². The lowest BCUT2D eigenvalue weighted by molar-refractivity contribution is -0.165. The predicted octanol–water partition coefficient (Wildman–Crippen LogP) is 0.363. The monoisotopic (exact) mass is 333 g/mol. The molecule has 24 heavy (non-hydrogen) atoms. The highest BCUT2D eigenvalue weighted by atomic mass is 16.4. The van der Waals surface area contributed by atoms with Crippen molar-refractivity contribution in [2.75, 3.05) is 13.1 Å². The molecule has 2 unspecified atom stereocenters. The highest BCUT2D eigenvalue weighted by Crippen LogP contribution is 2.40. The number of carbonyl (C=O) groups excluding carboxylic acids is 2. The second-order valence-electron chi connectivity index (χ2n) is 6.52. The highest BCUT2D eigenvalue weighted by molar-refractivity contribution is 6.13. The number of hydrogen-bond acceptors (Lipinski definition) is 6. The maximum absolute atomic E-state index is 12.7. The van der Waals surface area contributed by atoms with Crippen molar-refractivity contribution in [1.29, 1.82) is 0 Å². The largest absolute Gasteiger partial charge is 0.509 e. The average Bonchev–Trinajstić information content (AvgIpc) is 2.57. The van der Waals surface area contributed by atoms with Crippen LogP contribution in [0.3, 0.4) is 0 Å².